The van der Waals surface area contributed by atoms with Gasteiger partial charge in [0.2, 0.25) is 5.91 Å². The molecule has 0 radical (unpaired) electrons. The van der Waals surface area contributed by atoms with Gasteiger partial charge in [-0.15, -0.1) is 11.3 Å². The Labute approximate surface area is 134 Å². The number of thiophene rings is 1. The first kappa shape index (κ1) is 16.0. The van der Waals surface area contributed by atoms with E-state index in [-0.39, 0.29) is 11.9 Å². The van der Waals surface area contributed by atoms with Crippen LogP contribution in [0.4, 0.5) is 0 Å². The summed E-state index contributed by atoms with van der Waals surface area (Å²) in [5, 5.41) is 2.92. The molecule has 1 amide bonds. The van der Waals surface area contributed by atoms with Crippen LogP contribution in [0.15, 0.2) is 42.5 Å². The van der Waals surface area contributed by atoms with E-state index < -0.39 is 0 Å². The Balaban J connectivity index is 1.81. The van der Waals surface area contributed by atoms with Crippen LogP contribution >= 0.6 is 22.9 Å². The molecule has 2 rings (SSSR count). The lowest BCUT2D eigenvalue weighted by Gasteiger charge is -2.24. The lowest BCUT2D eigenvalue weighted by atomic mass is 10.1. The Bertz CT molecular complexity index is 585. The van der Waals surface area contributed by atoms with Gasteiger partial charge in [0.25, 0.3) is 0 Å². The number of hydrogen-bond acceptors (Lipinski definition) is 3. The third-order valence-corrected chi connectivity index (χ3v) is 4.66. The summed E-state index contributed by atoms with van der Waals surface area (Å²) < 4.78 is 0.745. The minimum atomic E-state index is 0.0183. The van der Waals surface area contributed by atoms with E-state index in [9.17, 15) is 4.79 Å². The number of carbonyl (C=O) groups excluding carboxylic acids is 1. The topological polar surface area (TPSA) is 32.3 Å². The van der Waals surface area contributed by atoms with E-state index in [1.54, 1.807) is 0 Å². The van der Waals surface area contributed by atoms with E-state index in [1.165, 1.54) is 16.9 Å². The van der Waals surface area contributed by atoms with Crippen LogP contribution in [0.25, 0.3) is 0 Å². The normalized spacial score (nSPS) is 12.4. The molecule has 1 aromatic heterocycles. The zero-order chi connectivity index (χ0) is 15.2. The molecular formula is C16H19ClN2OS. The largest absolute Gasteiger partial charge is 0.350 e. The van der Waals surface area contributed by atoms with Crippen LogP contribution < -0.4 is 5.32 Å². The van der Waals surface area contributed by atoms with E-state index in [2.05, 4.69) is 24.4 Å². The Hall–Kier alpha value is -1.36. The highest BCUT2D eigenvalue weighted by atomic mass is 35.5. The Morgan fingerprint density at radius 2 is 2.00 bits per heavy atom. The summed E-state index contributed by atoms with van der Waals surface area (Å²) in [7, 11) is 1.96. The molecule has 1 aromatic carbocycles. The zero-order valence-corrected chi connectivity index (χ0v) is 13.7. The summed E-state index contributed by atoms with van der Waals surface area (Å²) in [5.74, 6) is 0.0183. The summed E-state index contributed by atoms with van der Waals surface area (Å²) in [6, 6.07) is 14.2. The lowest BCUT2D eigenvalue weighted by molar-refractivity contribution is -0.122. The summed E-state index contributed by atoms with van der Waals surface area (Å²) in [5.41, 5.74) is 1.21. The first-order chi connectivity index (χ1) is 10.1. The van der Waals surface area contributed by atoms with Crippen molar-refractivity contribution in [2.45, 2.75) is 19.5 Å². The Kier molecular flexibility index (Phi) is 5.79. The summed E-state index contributed by atoms with van der Waals surface area (Å²) >= 11 is 7.36. The van der Waals surface area contributed by atoms with E-state index in [0.29, 0.717) is 13.1 Å². The lowest BCUT2D eigenvalue weighted by Crippen LogP contribution is -2.35. The molecular weight excluding hydrogens is 304 g/mol. The molecule has 5 heteroatoms. The molecule has 0 fully saturated rings. The third kappa shape index (κ3) is 4.84. The van der Waals surface area contributed by atoms with Crippen LogP contribution in [0, 0.1) is 0 Å². The van der Waals surface area contributed by atoms with Gasteiger partial charge in [-0.3, -0.25) is 9.69 Å². The molecule has 0 aliphatic rings. The van der Waals surface area contributed by atoms with Crippen LogP contribution in [-0.2, 0) is 11.3 Å². The molecule has 1 atom stereocenters. The third-order valence-electron chi connectivity index (χ3n) is 3.42. The highest BCUT2D eigenvalue weighted by Gasteiger charge is 2.14. The monoisotopic (exact) mass is 322 g/mol. The highest BCUT2D eigenvalue weighted by Crippen LogP contribution is 2.21. The van der Waals surface area contributed by atoms with Gasteiger partial charge in [-0.1, -0.05) is 41.9 Å². The smallest absolute Gasteiger partial charge is 0.234 e. The molecule has 112 valence electrons. The number of halogens is 1. The predicted molar refractivity (Wildman–Crippen MR) is 88.7 cm³/mol. The standard InChI is InChI=1S/C16H19ClN2OS/c1-12(13-6-4-3-5-7-13)19(2)11-16(20)18-10-14-8-9-15(17)21-14/h3-9,12H,10-11H2,1-2H3,(H,18,20). The molecule has 0 aliphatic carbocycles. The minimum absolute atomic E-state index is 0.0183. The number of carbonyl (C=O) groups is 1. The molecule has 1 unspecified atom stereocenters. The number of hydrogen-bond donors (Lipinski definition) is 1. The summed E-state index contributed by atoms with van der Waals surface area (Å²) in [4.78, 5) is 15.1. The van der Waals surface area contributed by atoms with Crippen molar-refractivity contribution in [1.82, 2.24) is 10.2 Å². The fourth-order valence-electron chi connectivity index (χ4n) is 2.04. The molecule has 0 bridgehead atoms. The number of rotatable bonds is 6. The first-order valence-corrected chi connectivity index (χ1v) is 8.02. The van der Waals surface area contributed by atoms with Crippen molar-refractivity contribution in [3.05, 3.63) is 57.2 Å². The number of likely N-dealkylation sites (N-methyl/N-ethyl adjacent to an activating group) is 1. The van der Waals surface area contributed by atoms with Crippen molar-refractivity contribution >= 4 is 28.8 Å². The number of amides is 1. The van der Waals surface area contributed by atoms with Crippen LogP contribution in [0.2, 0.25) is 4.34 Å². The molecule has 2 aromatic rings. The fraction of sp³-hybridized carbons (Fsp3) is 0.312. The second-order valence-corrected chi connectivity index (χ2v) is 6.78. The van der Waals surface area contributed by atoms with Crippen molar-refractivity contribution in [1.29, 1.82) is 0 Å². The quantitative estimate of drug-likeness (QED) is 0.879. The van der Waals surface area contributed by atoms with E-state index in [0.717, 1.165) is 9.21 Å². The van der Waals surface area contributed by atoms with Crippen LogP contribution in [-0.4, -0.2) is 24.4 Å². The number of nitrogens with one attached hydrogen (secondary N) is 1. The summed E-state index contributed by atoms with van der Waals surface area (Å²) in [6.07, 6.45) is 0. The molecule has 0 aliphatic heterocycles. The summed E-state index contributed by atoms with van der Waals surface area (Å²) in [6.45, 7) is 3.00. The van der Waals surface area contributed by atoms with E-state index >= 15 is 0 Å². The maximum Gasteiger partial charge on any atom is 0.234 e. The van der Waals surface area contributed by atoms with E-state index in [4.69, 9.17) is 11.6 Å². The van der Waals surface area contributed by atoms with Crippen molar-refractivity contribution in [2.75, 3.05) is 13.6 Å². The molecule has 1 N–H and O–H groups in total. The number of benzene rings is 1. The van der Waals surface area contributed by atoms with Crippen molar-refractivity contribution in [3.8, 4) is 0 Å². The second-order valence-electron chi connectivity index (χ2n) is 4.98. The van der Waals surface area contributed by atoms with Crippen molar-refractivity contribution in [3.63, 3.8) is 0 Å². The van der Waals surface area contributed by atoms with Crippen LogP contribution in [0.3, 0.4) is 0 Å². The Morgan fingerprint density at radius 1 is 1.29 bits per heavy atom. The molecule has 21 heavy (non-hydrogen) atoms. The molecule has 1 heterocycles. The number of nitrogens with zero attached hydrogens (tertiary/aromatic N) is 1. The molecule has 0 saturated carbocycles. The van der Waals surface area contributed by atoms with Gasteiger partial charge < -0.3 is 5.32 Å². The maximum absolute atomic E-state index is 12.0. The minimum Gasteiger partial charge on any atom is -0.350 e. The molecule has 3 nitrogen and oxygen atoms in total. The van der Waals surface area contributed by atoms with Crippen LogP contribution in [0.5, 0.6) is 0 Å². The zero-order valence-electron chi connectivity index (χ0n) is 12.2. The van der Waals surface area contributed by atoms with Crippen LogP contribution in [0.1, 0.15) is 23.4 Å². The molecule has 0 spiro atoms. The Morgan fingerprint density at radius 3 is 2.62 bits per heavy atom. The molecule has 0 saturated heterocycles. The predicted octanol–water partition coefficient (Wildman–Crippen LogP) is 3.71. The first-order valence-electron chi connectivity index (χ1n) is 6.82. The van der Waals surface area contributed by atoms with Gasteiger partial charge >= 0.3 is 0 Å². The van der Waals surface area contributed by atoms with Gasteiger partial charge in [-0.25, -0.2) is 0 Å². The van der Waals surface area contributed by atoms with Gasteiger partial charge in [0.1, 0.15) is 0 Å². The van der Waals surface area contributed by atoms with E-state index in [1.807, 2.05) is 42.3 Å². The van der Waals surface area contributed by atoms with Gasteiger partial charge in [-0.2, -0.15) is 0 Å². The van der Waals surface area contributed by atoms with Gasteiger partial charge in [-0.05, 0) is 31.7 Å². The highest BCUT2D eigenvalue weighted by molar-refractivity contribution is 7.16. The SMILES string of the molecule is CC(c1ccccc1)N(C)CC(=O)NCc1ccc(Cl)s1. The second kappa shape index (κ2) is 7.59. The van der Waals surface area contributed by atoms with Crippen molar-refractivity contribution < 1.29 is 4.79 Å². The maximum atomic E-state index is 12.0. The van der Waals surface area contributed by atoms with Crippen molar-refractivity contribution in [2.24, 2.45) is 0 Å². The van der Waals surface area contributed by atoms with Gasteiger partial charge in [0.15, 0.2) is 0 Å². The average molecular weight is 323 g/mol. The van der Waals surface area contributed by atoms with Gasteiger partial charge in [0.05, 0.1) is 17.4 Å². The van der Waals surface area contributed by atoms with Gasteiger partial charge in [0, 0.05) is 10.9 Å². The fourth-order valence-corrected chi connectivity index (χ4v) is 3.07. The average Bonchev–Trinajstić information content (AvgIpc) is 2.91.